The molecule has 0 aromatic heterocycles. The van der Waals surface area contributed by atoms with Crippen LogP contribution in [0, 0.1) is 0 Å². The van der Waals surface area contributed by atoms with E-state index in [1.807, 2.05) is 13.8 Å². The van der Waals surface area contributed by atoms with Crippen LogP contribution in [-0.2, 0) is 19.1 Å². The number of hydrogen-bond acceptors (Lipinski definition) is 4. The molecule has 0 radical (unpaired) electrons. The second-order valence-electron chi connectivity index (χ2n) is 5.03. The van der Waals surface area contributed by atoms with Crippen LogP contribution in [0.25, 0.3) is 0 Å². The van der Waals surface area contributed by atoms with Crippen LogP contribution < -0.4 is 5.32 Å². The first kappa shape index (κ1) is 16.9. The summed E-state index contributed by atoms with van der Waals surface area (Å²) in [5, 5.41) is 2.77. The molecular weight excluding hydrogens is 260 g/mol. The molecule has 1 aliphatic heterocycles. The summed E-state index contributed by atoms with van der Waals surface area (Å²) < 4.78 is 10.3. The Morgan fingerprint density at radius 2 is 1.85 bits per heavy atom. The van der Waals surface area contributed by atoms with Crippen molar-refractivity contribution in [3.8, 4) is 0 Å². The highest BCUT2D eigenvalue weighted by atomic mass is 16.5. The van der Waals surface area contributed by atoms with Crippen LogP contribution >= 0.6 is 0 Å². The Bertz CT molecular complexity index is 342. The number of rotatable bonds is 8. The predicted octanol–water partition coefficient (Wildman–Crippen LogP) is 0.555. The van der Waals surface area contributed by atoms with Crippen LogP contribution in [0.15, 0.2) is 0 Å². The highest BCUT2D eigenvalue weighted by molar-refractivity contribution is 5.99. The summed E-state index contributed by atoms with van der Waals surface area (Å²) in [7, 11) is 1.61. The van der Waals surface area contributed by atoms with Crippen molar-refractivity contribution in [2.24, 2.45) is 0 Å². The van der Waals surface area contributed by atoms with Crippen LogP contribution in [0.1, 0.15) is 33.6 Å². The minimum Gasteiger partial charge on any atom is -0.382 e. The smallest absolute Gasteiger partial charge is 0.246 e. The molecule has 0 saturated carbocycles. The summed E-state index contributed by atoms with van der Waals surface area (Å²) in [5.41, 5.74) is -0.742. The van der Waals surface area contributed by atoms with E-state index in [0.29, 0.717) is 39.2 Å². The fourth-order valence-electron chi connectivity index (χ4n) is 2.64. The first-order chi connectivity index (χ1) is 9.53. The minimum absolute atomic E-state index is 0.0383. The molecule has 0 bridgehead atoms. The van der Waals surface area contributed by atoms with Gasteiger partial charge in [0.15, 0.2) is 0 Å². The van der Waals surface area contributed by atoms with Gasteiger partial charge in [-0.3, -0.25) is 9.59 Å². The zero-order valence-corrected chi connectivity index (χ0v) is 12.9. The number of carbonyl (C=O) groups excluding carboxylic acids is 2. The molecule has 116 valence electrons. The number of carbonyl (C=O) groups is 2. The van der Waals surface area contributed by atoms with Crippen LogP contribution in [0.4, 0.5) is 0 Å². The Hall–Kier alpha value is -1.14. The Labute approximate surface area is 120 Å². The van der Waals surface area contributed by atoms with Gasteiger partial charge in [-0.1, -0.05) is 13.8 Å². The van der Waals surface area contributed by atoms with E-state index in [0.717, 1.165) is 0 Å². The van der Waals surface area contributed by atoms with Gasteiger partial charge in [0.25, 0.3) is 0 Å². The van der Waals surface area contributed by atoms with Crippen molar-refractivity contribution < 1.29 is 19.1 Å². The molecule has 20 heavy (non-hydrogen) atoms. The number of nitrogens with one attached hydrogen (secondary N) is 1. The topological polar surface area (TPSA) is 67.9 Å². The maximum Gasteiger partial charge on any atom is 0.246 e. The Morgan fingerprint density at radius 3 is 2.40 bits per heavy atom. The zero-order valence-electron chi connectivity index (χ0n) is 12.9. The van der Waals surface area contributed by atoms with Crippen molar-refractivity contribution in [3.05, 3.63) is 0 Å². The van der Waals surface area contributed by atoms with Gasteiger partial charge < -0.3 is 19.7 Å². The van der Waals surface area contributed by atoms with Crippen molar-refractivity contribution in [1.82, 2.24) is 10.2 Å². The van der Waals surface area contributed by atoms with Crippen LogP contribution in [0.2, 0.25) is 0 Å². The number of ether oxygens (including phenoxy) is 2. The molecule has 0 aromatic rings. The lowest BCUT2D eigenvalue weighted by Gasteiger charge is -2.47. The Balaban J connectivity index is 2.74. The van der Waals surface area contributed by atoms with E-state index in [1.54, 1.807) is 18.9 Å². The largest absolute Gasteiger partial charge is 0.382 e. The predicted molar refractivity (Wildman–Crippen MR) is 75.3 cm³/mol. The van der Waals surface area contributed by atoms with Crippen molar-refractivity contribution in [2.75, 3.05) is 33.5 Å². The molecule has 1 N–H and O–H groups in total. The van der Waals surface area contributed by atoms with E-state index in [4.69, 9.17) is 9.47 Å². The van der Waals surface area contributed by atoms with Gasteiger partial charge in [-0.2, -0.15) is 0 Å². The van der Waals surface area contributed by atoms with Gasteiger partial charge in [-0.25, -0.2) is 0 Å². The average molecular weight is 286 g/mol. The Morgan fingerprint density at radius 1 is 1.20 bits per heavy atom. The van der Waals surface area contributed by atoms with E-state index < -0.39 is 11.6 Å². The lowest BCUT2D eigenvalue weighted by molar-refractivity contribution is -0.158. The van der Waals surface area contributed by atoms with E-state index in [-0.39, 0.29) is 11.8 Å². The summed E-state index contributed by atoms with van der Waals surface area (Å²) in [6, 6.07) is -0.465. The first-order valence-corrected chi connectivity index (χ1v) is 7.22. The number of hydrogen-bond donors (Lipinski definition) is 1. The summed E-state index contributed by atoms with van der Waals surface area (Å²) in [6.07, 6.45) is 1.21. The molecule has 1 unspecified atom stereocenters. The lowest BCUT2D eigenvalue weighted by Crippen LogP contribution is -2.70. The molecule has 1 saturated heterocycles. The molecule has 0 spiro atoms. The molecule has 1 aliphatic rings. The van der Waals surface area contributed by atoms with Crippen LogP contribution in [0.5, 0.6) is 0 Å². The summed E-state index contributed by atoms with van der Waals surface area (Å²) in [5.74, 6) is -0.102. The third-order valence-corrected chi connectivity index (χ3v) is 3.98. The van der Waals surface area contributed by atoms with Gasteiger partial charge in [-0.05, 0) is 19.8 Å². The van der Waals surface area contributed by atoms with E-state index in [2.05, 4.69) is 5.32 Å². The molecule has 2 amide bonds. The highest BCUT2D eigenvalue weighted by Gasteiger charge is 2.48. The van der Waals surface area contributed by atoms with E-state index in [1.165, 1.54) is 0 Å². The molecular formula is C14H26N2O4. The fourth-order valence-corrected chi connectivity index (χ4v) is 2.64. The average Bonchev–Trinajstić information content (AvgIpc) is 2.44. The number of methoxy groups -OCH3 is 1. The molecule has 1 rings (SSSR count). The van der Waals surface area contributed by atoms with E-state index >= 15 is 0 Å². The van der Waals surface area contributed by atoms with Crippen LogP contribution in [-0.4, -0.2) is 61.8 Å². The number of piperazine rings is 1. The summed E-state index contributed by atoms with van der Waals surface area (Å²) in [4.78, 5) is 26.4. The lowest BCUT2D eigenvalue weighted by atomic mass is 9.86. The first-order valence-electron chi connectivity index (χ1n) is 7.22. The van der Waals surface area contributed by atoms with Gasteiger partial charge >= 0.3 is 0 Å². The normalized spacial score (nSPS) is 22.0. The van der Waals surface area contributed by atoms with Crippen LogP contribution in [0.3, 0.4) is 0 Å². The third kappa shape index (κ3) is 3.30. The van der Waals surface area contributed by atoms with Crippen molar-refractivity contribution in [3.63, 3.8) is 0 Å². The van der Waals surface area contributed by atoms with Gasteiger partial charge in [0, 0.05) is 13.7 Å². The quantitative estimate of drug-likeness (QED) is 0.662. The van der Waals surface area contributed by atoms with Crippen molar-refractivity contribution >= 4 is 11.8 Å². The molecule has 1 fully saturated rings. The summed E-state index contributed by atoms with van der Waals surface area (Å²) in [6.45, 7) is 7.45. The van der Waals surface area contributed by atoms with E-state index in [9.17, 15) is 9.59 Å². The maximum absolute atomic E-state index is 12.4. The van der Waals surface area contributed by atoms with Gasteiger partial charge in [0.2, 0.25) is 11.8 Å². The minimum atomic E-state index is -0.742. The van der Waals surface area contributed by atoms with Crippen molar-refractivity contribution in [1.29, 1.82) is 0 Å². The monoisotopic (exact) mass is 286 g/mol. The van der Waals surface area contributed by atoms with Crippen molar-refractivity contribution in [2.45, 2.75) is 45.2 Å². The fraction of sp³-hybridized carbons (Fsp3) is 0.857. The SMILES string of the molecule is CCC1(CC)C(=O)NC(C)C(=O)N1CCOCCOC. The second-order valence-corrected chi connectivity index (χ2v) is 5.03. The maximum atomic E-state index is 12.4. The highest BCUT2D eigenvalue weighted by Crippen LogP contribution is 2.28. The Kier molecular flexibility index (Phi) is 6.42. The molecule has 1 heterocycles. The standard InChI is InChI=1S/C14H26N2O4/c1-5-14(6-2)13(18)15-11(3)12(17)16(14)7-8-20-10-9-19-4/h11H,5-10H2,1-4H3,(H,15,18). The number of amides is 2. The zero-order chi connectivity index (χ0) is 15.2. The van der Waals surface area contributed by atoms with Gasteiger partial charge in [-0.15, -0.1) is 0 Å². The molecule has 6 nitrogen and oxygen atoms in total. The third-order valence-electron chi connectivity index (χ3n) is 3.98. The molecule has 0 aliphatic carbocycles. The summed E-state index contributed by atoms with van der Waals surface area (Å²) >= 11 is 0. The second kappa shape index (κ2) is 7.59. The molecule has 6 heteroatoms. The van der Waals surface area contributed by atoms with Gasteiger partial charge in [0.1, 0.15) is 11.6 Å². The van der Waals surface area contributed by atoms with Gasteiger partial charge in [0.05, 0.1) is 19.8 Å². The molecule has 0 aromatic carbocycles. The number of nitrogens with zero attached hydrogens (tertiary/aromatic N) is 1. The molecule has 1 atom stereocenters.